The number of hydrogen-bond donors (Lipinski definition) is 1. The number of benzene rings is 1. The van der Waals surface area contributed by atoms with Crippen LogP contribution in [0.4, 0.5) is 0 Å². The Morgan fingerprint density at radius 1 is 0.833 bits per heavy atom. The molecule has 4 nitrogen and oxygen atoms in total. The fraction of sp³-hybridized carbons (Fsp3) is 0. The van der Waals surface area contributed by atoms with E-state index in [-0.39, 0.29) is 12.8 Å². The molecule has 1 rings (SSSR count). The molecule has 0 heterocycles. The van der Waals surface area contributed by atoms with Crippen molar-refractivity contribution in [2.45, 2.75) is 0 Å². The molecule has 1 aromatic carbocycles. The van der Waals surface area contributed by atoms with Crippen LogP contribution in [-0.2, 0) is 9.59 Å². The highest BCUT2D eigenvalue weighted by Gasteiger charge is 1.79. The Labute approximate surface area is 70.6 Å². The first-order chi connectivity index (χ1) is 5.81. The van der Waals surface area contributed by atoms with Gasteiger partial charge in [-0.3, -0.25) is 9.59 Å². The molecule has 0 radical (unpaired) electrons. The van der Waals surface area contributed by atoms with E-state index in [1.54, 1.807) is 0 Å². The fourth-order valence-corrected chi connectivity index (χ4v) is 0.410. The minimum atomic E-state index is 0.215. The molecule has 4 heteroatoms. The van der Waals surface area contributed by atoms with E-state index in [0.29, 0.717) is 5.01 Å². The highest BCUT2D eigenvalue weighted by Crippen LogP contribution is 1.79. The third kappa shape index (κ3) is 6.44. The van der Waals surface area contributed by atoms with Gasteiger partial charge in [0.1, 0.15) is 0 Å². The molecule has 0 saturated carbocycles. The first-order valence-electron chi connectivity index (χ1n) is 3.25. The van der Waals surface area contributed by atoms with E-state index >= 15 is 0 Å². The lowest BCUT2D eigenvalue weighted by Gasteiger charge is -1.91. The molecule has 0 bridgehead atoms. The van der Waals surface area contributed by atoms with E-state index in [1.807, 2.05) is 36.4 Å². The maximum absolute atomic E-state index is 9.31. The summed E-state index contributed by atoms with van der Waals surface area (Å²) < 4.78 is 0. The Hall–Kier alpha value is -1.68. The number of carbonyl (C=O) groups excluding carboxylic acids is 2. The normalized spacial score (nSPS) is 7.42. The van der Waals surface area contributed by atoms with Crippen molar-refractivity contribution in [3.63, 3.8) is 0 Å². The van der Waals surface area contributed by atoms with Crippen molar-refractivity contribution in [2.75, 3.05) is 0 Å². The van der Waals surface area contributed by atoms with Gasteiger partial charge < -0.3 is 0 Å². The van der Waals surface area contributed by atoms with E-state index in [9.17, 15) is 9.59 Å². The monoisotopic (exact) mass is 166 g/mol. The molecule has 0 aliphatic heterocycles. The summed E-state index contributed by atoms with van der Waals surface area (Å²) in [5, 5.41) is 0.389. The zero-order valence-electron chi connectivity index (χ0n) is 6.46. The van der Waals surface area contributed by atoms with Crippen LogP contribution in [0, 0.1) is 0 Å². The average molecular weight is 166 g/mol. The van der Waals surface area contributed by atoms with Gasteiger partial charge in [-0.25, -0.2) is 10.9 Å². The van der Waals surface area contributed by atoms with E-state index in [2.05, 4.69) is 5.84 Å². The number of imide groups is 1. The molecule has 1 aromatic rings. The number of amides is 2. The second-order valence-electron chi connectivity index (χ2n) is 1.81. The van der Waals surface area contributed by atoms with Crippen LogP contribution in [0.25, 0.3) is 0 Å². The van der Waals surface area contributed by atoms with Gasteiger partial charge in [-0.15, -0.1) is 0 Å². The van der Waals surface area contributed by atoms with Gasteiger partial charge in [-0.05, 0) is 0 Å². The summed E-state index contributed by atoms with van der Waals surface area (Å²) in [6.45, 7) is 0. The summed E-state index contributed by atoms with van der Waals surface area (Å²) >= 11 is 0. The van der Waals surface area contributed by atoms with Crippen molar-refractivity contribution in [3.8, 4) is 0 Å². The molecule has 0 fully saturated rings. The van der Waals surface area contributed by atoms with E-state index < -0.39 is 0 Å². The number of carbonyl (C=O) groups is 2. The summed E-state index contributed by atoms with van der Waals surface area (Å²) in [4.78, 5) is 18.6. The van der Waals surface area contributed by atoms with Crippen molar-refractivity contribution in [3.05, 3.63) is 36.4 Å². The van der Waals surface area contributed by atoms with Crippen LogP contribution in [0.2, 0.25) is 0 Å². The molecule has 0 aliphatic rings. The molecule has 0 aliphatic carbocycles. The van der Waals surface area contributed by atoms with Gasteiger partial charge in [0.2, 0.25) is 12.8 Å². The summed E-state index contributed by atoms with van der Waals surface area (Å²) in [5.41, 5.74) is 0. The number of hydrazine groups is 1. The quantitative estimate of drug-likeness (QED) is 0.294. The summed E-state index contributed by atoms with van der Waals surface area (Å²) in [6, 6.07) is 12.0. The maximum atomic E-state index is 9.31. The first-order valence-corrected chi connectivity index (χ1v) is 3.25. The Morgan fingerprint density at radius 3 is 1.17 bits per heavy atom. The lowest BCUT2D eigenvalue weighted by atomic mass is 10.4. The Morgan fingerprint density at radius 2 is 1.08 bits per heavy atom. The third-order valence-electron chi connectivity index (χ3n) is 0.910. The molecule has 2 amide bonds. The van der Waals surface area contributed by atoms with Crippen LogP contribution in [0.15, 0.2) is 36.4 Å². The van der Waals surface area contributed by atoms with Crippen molar-refractivity contribution < 1.29 is 9.59 Å². The number of hydrogen-bond acceptors (Lipinski definition) is 3. The standard InChI is InChI=1S/C6H6.C2H4N2O2/c1-2-4-6-5-3-1;3-4(1-5)2-6/h1-6H;1-2H,3H2. The molecule has 0 aromatic heterocycles. The summed E-state index contributed by atoms with van der Waals surface area (Å²) in [6.07, 6.45) is 0.431. The highest BCUT2D eigenvalue weighted by atomic mass is 16.2. The Bertz CT molecular complexity index is 179. The Kier molecular flexibility index (Phi) is 6.39. The highest BCUT2D eigenvalue weighted by molar-refractivity contribution is 5.66. The zero-order valence-corrected chi connectivity index (χ0v) is 6.46. The van der Waals surface area contributed by atoms with Crippen LogP contribution in [0.5, 0.6) is 0 Å². The van der Waals surface area contributed by atoms with E-state index in [4.69, 9.17) is 0 Å². The topological polar surface area (TPSA) is 63.4 Å². The largest absolute Gasteiger partial charge is 0.277 e. The summed E-state index contributed by atoms with van der Waals surface area (Å²) in [5.74, 6) is 4.57. The minimum absolute atomic E-state index is 0.215. The minimum Gasteiger partial charge on any atom is -0.277 e. The predicted molar refractivity (Wildman–Crippen MR) is 44.6 cm³/mol. The molecule has 0 spiro atoms. The maximum Gasteiger partial charge on any atom is 0.230 e. The Balaban J connectivity index is 0.000000202. The average Bonchev–Trinajstić information content (AvgIpc) is 2.20. The fourth-order valence-electron chi connectivity index (χ4n) is 0.410. The van der Waals surface area contributed by atoms with Crippen molar-refractivity contribution in [2.24, 2.45) is 5.84 Å². The van der Waals surface area contributed by atoms with Crippen molar-refractivity contribution in [1.29, 1.82) is 0 Å². The van der Waals surface area contributed by atoms with Gasteiger partial charge >= 0.3 is 0 Å². The lowest BCUT2D eigenvalue weighted by Crippen LogP contribution is -2.26. The van der Waals surface area contributed by atoms with Crippen LogP contribution in [0.3, 0.4) is 0 Å². The number of nitrogens with two attached hydrogens (primary N) is 1. The predicted octanol–water partition coefficient (Wildman–Crippen LogP) is 0.161. The van der Waals surface area contributed by atoms with E-state index in [0.717, 1.165) is 0 Å². The first kappa shape index (κ1) is 10.3. The van der Waals surface area contributed by atoms with Gasteiger partial charge in [0.05, 0.1) is 0 Å². The SMILES string of the molecule is NN(C=O)C=O.c1ccccc1. The molecular weight excluding hydrogens is 156 g/mol. The summed E-state index contributed by atoms with van der Waals surface area (Å²) in [7, 11) is 0. The van der Waals surface area contributed by atoms with E-state index in [1.165, 1.54) is 0 Å². The molecule has 2 N–H and O–H groups in total. The zero-order chi connectivity index (χ0) is 9.23. The molecule has 0 atom stereocenters. The van der Waals surface area contributed by atoms with Gasteiger partial charge in [0, 0.05) is 0 Å². The van der Waals surface area contributed by atoms with Crippen LogP contribution in [-0.4, -0.2) is 17.8 Å². The number of nitrogens with zero attached hydrogens (tertiary/aromatic N) is 1. The molecular formula is C8H10N2O2. The van der Waals surface area contributed by atoms with Gasteiger partial charge in [-0.2, -0.15) is 0 Å². The van der Waals surface area contributed by atoms with Gasteiger partial charge in [0.25, 0.3) is 0 Å². The second kappa shape index (κ2) is 7.43. The third-order valence-corrected chi connectivity index (χ3v) is 0.910. The van der Waals surface area contributed by atoms with Crippen LogP contribution < -0.4 is 5.84 Å². The van der Waals surface area contributed by atoms with Gasteiger partial charge in [0.15, 0.2) is 0 Å². The second-order valence-corrected chi connectivity index (χ2v) is 1.81. The van der Waals surface area contributed by atoms with Crippen molar-refractivity contribution in [1.82, 2.24) is 5.01 Å². The molecule has 0 saturated heterocycles. The number of rotatable bonds is 2. The smallest absolute Gasteiger partial charge is 0.230 e. The molecule has 12 heavy (non-hydrogen) atoms. The molecule has 0 unspecified atom stereocenters. The van der Waals surface area contributed by atoms with Crippen LogP contribution >= 0.6 is 0 Å². The van der Waals surface area contributed by atoms with Gasteiger partial charge in [-0.1, -0.05) is 36.4 Å². The lowest BCUT2D eigenvalue weighted by molar-refractivity contribution is -0.129. The molecule has 64 valence electrons. The van der Waals surface area contributed by atoms with Crippen LogP contribution in [0.1, 0.15) is 0 Å². The van der Waals surface area contributed by atoms with Crippen molar-refractivity contribution >= 4 is 12.8 Å².